The highest BCUT2D eigenvalue weighted by molar-refractivity contribution is 6.32. The number of fused-ring (bicyclic) bond motifs is 3. The number of amides is 1. The van der Waals surface area contributed by atoms with E-state index in [-0.39, 0.29) is 17.7 Å². The van der Waals surface area contributed by atoms with Crippen LogP contribution in [0.5, 0.6) is 5.75 Å². The van der Waals surface area contributed by atoms with Crippen molar-refractivity contribution in [2.24, 2.45) is 29.4 Å². The van der Waals surface area contributed by atoms with E-state index < -0.39 is 82.3 Å². The van der Waals surface area contributed by atoms with Gasteiger partial charge in [-0.1, -0.05) is 19.1 Å². The quantitative estimate of drug-likeness (QED) is 0.263. The second kappa shape index (κ2) is 11.0. The van der Waals surface area contributed by atoms with E-state index in [1.54, 1.807) is 13.0 Å². The lowest BCUT2D eigenvalue weighted by Crippen LogP contribution is -2.78. The first-order chi connectivity index (χ1) is 19.8. The van der Waals surface area contributed by atoms with Gasteiger partial charge in [0.2, 0.25) is 5.91 Å². The minimum atomic E-state index is -3.05. The Bertz CT molecular complexity index is 1350. The van der Waals surface area contributed by atoms with Gasteiger partial charge in [0, 0.05) is 25.6 Å². The number of benzene rings is 1. The average molecular weight is 586 g/mol. The van der Waals surface area contributed by atoms with E-state index in [1.165, 1.54) is 31.1 Å². The first-order valence-corrected chi connectivity index (χ1v) is 14.0. The monoisotopic (exact) mass is 585 g/mol. The van der Waals surface area contributed by atoms with Gasteiger partial charge in [0.1, 0.15) is 11.9 Å². The molecule has 13 heteroatoms. The smallest absolute Gasteiger partial charge is 0.307 e. The summed E-state index contributed by atoms with van der Waals surface area (Å²) in [5.74, 6) is -14.1. The number of phenols is 1. The number of carbonyl (C=O) groups excluding carboxylic acids is 6. The third-order valence-electron chi connectivity index (χ3n) is 9.33. The number of primary amides is 1. The summed E-state index contributed by atoms with van der Waals surface area (Å²) in [5.41, 5.74) is 2.63. The van der Waals surface area contributed by atoms with Crippen molar-refractivity contribution < 1.29 is 48.5 Å². The summed E-state index contributed by atoms with van der Waals surface area (Å²) in [6.45, 7) is 4.29. The molecule has 13 nitrogen and oxygen atoms in total. The van der Waals surface area contributed by atoms with E-state index in [0.29, 0.717) is 38.4 Å². The van der Waals surface area contributed by atoms with Crippen LogP contribution in [-0.4, -0.2) is 120 Å². The summed E-state index contributed by atoms with van der Waals surface area (Å²) >= 11 is 0. The summed E-state index contributed by atoms with van der Waals surface area (Å²) < 4.78 is 11.3. The van der Waals surface area contributed by atoms with Crippen LogP contribution in [0, 0.1) is 23.7 Å². The van der Waals surface area contributed by atoms with Gasteiger partial charge in [-0.2, -0.15) is 0 Å². The Balaban J connectivity index is 1.64. The molecule has 8 atom stereocenters. The molecule has 3 fully saturated rings. The lowest BCUT2D eigenvalue weighted by Gasteiger charge is -2.56. The number of hydrogen-bond donors (Lipinski definition) is 3. The van der Waals surface area contributed by atoms with Crippen molar-refractivity contribution in [1.82, 2.24) is 9.80 Å². The number of ketones is 4. The van der Waals surface area contributed by atoms with Crippen LogP contribution in [-0.2, 0) is 33.4 Å². The zero-order chi connectivity index (χ0) is 30.7. The number of morpholine rings is 1. The topological polar surface area (TPSA) is 194 Å². The number of likely N-dealkylation sites (N-methyl/N-ethyl adjacent to an activating group) is 1. The summed E-state index contributed by atoms with van der Waals surface area (Å²) in [6, 6.07) is 3.00. The number of aliphatic hydroxyl groups is 1. The zero-order valence-electron chi connectivity index (χ0n) is 23.6. The predicted octanol–water partition coefficient (Wildman–Crippen LogP) is -1.33. The molecule has 1 aromatic carbocycles. The second-order valence-electron chi connectivity index (χ2n) is 11.8. The normalized spacial score (nSPS) is 34.9. The molecule has 42 heavy (non-hydrogen) atoms. The van der Waals surface area contributed by atoms with Crippen LogP contribution < -0.4 is 5.73 Å². The van der Waals surface area contributed by atoms with Gasteiger partial charge < -0.3 is 25.4 Å². The molecule has 2 unspecified atom stereocenters. The lowest BCUT2D eigenvalue weighted by molar-refractivity contribution is -0.205. The van der Waals surface area contributed by atoms with Crippen molar-refractivity contribution >= 4 is 35.0 Å². The number of phenolic OH excluding ortho intramolecular Hbond substituents is 1. The second-order valence-corrected chi connectivity index (χ2v) is 11.8. The summed E-state index contributed by atoms with van der Waals surface area (Å²) in [4.78, 5) is 84.4. The number of ether oxygens (including phenoxy) is 2. The van der Waals surface area contributed by atoms with Gasteiger partial charge in [-0.3, -0.25) is 38.6 Å². The van der Waals surface area contributed by atoms with E-state index in [2.05, 4.69) is 0 Å². The Hall–Kier alpha value is -3.52. The molecule has 4 N–H and O–H groups in total. The van der Waals surface area contributed by atoms with Crippen molar-refractivity contribution in [3.63, 3.8) is 0 Å². The van der Waals surface area contributed by atoms with Gasteiger partial charge in [0.15, 0.2) is 34.7 Å². The summed E-state index contributed by atoms with van der Waals surface area (Å²) in [5, 5.41) is 22.6. The van der Waals surface area contributed by atoms with Gasteiger partial charge in [-0.15, -0.1) is 0 Å². The Kier molecular flexibility index (Phi) is 7.81. The number of carbonyl (C=O) groups is 6. The van der Waals surface area contributed by atoms with Gasteiger partial charge in [-0.05, 0) is 31.6 Å². The Labute approximate surface area is 241 Å². The van der Waals surface area contributed by atoms with Crippen molar-refractivity contribution in [1.29, 1.82) is 0 Å². The molecular formula is C29H35N3O10. The standard InChI is InChI=1S/C29H35N3O10/c1-13-14-5-4-6-15(33)18(14)23(35)19-17(13)25(42-16(34)7-8-32-9-11-41-12-10-32)21-22(31(2)3)24(36)20(28(30)39)27(38)29(21,40)26(19)37/h4-6,13,17,19-22,25,33,40H,7-12H2,1-3H3,(H2,30,39)/t13-,17+,19?,20?,21+,22-,25-,29-/m0/s1. The Morgan fingerprint density at radius 3 is 2.43 bits per heavy atom. The van der Waals surface area contributed by atoms with Crippen LogP contribution in [0.3, 0.4) is 0 Å². The number of aromatic hydroxyl groups is 1. The number of nitrogens with zero attached hydrogens (tertiary/aromatic N) is 2. The molecule has 226 valence electrons. The maximum Gasteiger partial charge on any atom is 0.307 e. The average Bonchev–Trinajstić information content (AvgIpc) is 2.93. The fraction of sp³-hybridized carbons (Fsp3) is 0.586. The molecule has 0 bridgehead atoms. The van der Waals surface area contributed by atoms with Crippen LogP contribution in [0.2, 0.25) is 0 Å². The highest BCUT2D eigenvalue weighted by atomic mass is 16.5. The SMILES string of the molecule is C[C@H]1c2cccc(O)c2C(=O)C2C(=O)[C@]3(O)C(=O)C(C(N)=O)C(=O)[C@@H](N(C)C)[C@@H]3[C@@H](OC(=O)CCN3CCOCC3)[C@@H]21. The molecule has 1 aromatic rings. The minimum Gasteiger partial charge on any atom is -0.507 e. The maximum atomic E-state index is 14.2. The Morgan fingerprint density at radius 1 is 1.14 bits per heavy atom. The van der Waals surface area contributed by atoms with Gasteiger partial charge in [-0.25, -0.2) is 0 Å². The van der Waals surface area contributed by atoms with E-state index in [0.717, 1.165) is 0 Å². The number of nitrogens with two attached hydrogens (primary N) is 1. The molecule has 5 rings (SSSR count). The molecular weight excluding hydrogens is 550 g/mol. The first-order valence-electron chi connectivity index (χ1n) is 14.0. The molecule has 0 spiro atoms. The highest BCUT2D eigenvalue weighted by Crippen LogP contribution is 2.55. The number of rotatable bonds is 6. The highest BCUT2D eigenvalue weighted by Gasteiger charge is 2.74. The molecule has 0 radical (unpaired) electrons. The Morgan fingerprint density at radius 2 is 1.81 bits per heavy atom. The molecule has 1 heterocycles. The van der Waals surface area contributed by atoms with Crippen LogP contribution >= 0.6 is 0 Å². The third-order valence-corrected chi connectivity index (χ3v) is 9.33. The molecule has 1 saturated heterocycles. The van der Waals surface area contributed by atoms with Crippen molar-refractivity contribution in [2.75, 3.05) is 46.9 Å². The molecule has 1 amide bonds. The fourth-order valence-electron chi connectivity index (χ4n) is 7.35. The largest absolute Gasteiger partial charge is 0.507 e. The predicted molar refractivity (Wildman–Crippen MR) is 143 cm³/mol. The first kappa shape index (κ1) is 30.0. The molecule has 4 aliphatic rings. The molecule has 1 aliphatic heterocycles. The van der Waals surface area contributed by atoms with E-state index in [9.17, 15) is 39.0 Å². The van der Waals surface area contributed by atoms with Crippen LogP contribution in [0.15, 0.2) is 18.2 Å². The molecule has 0 aromatic heterocycles. The minimum absolute atomic E-state index is 0.0783. The van der Waals surface area contributed by atoms with Crippen LogP contribution in [0.1, 0.15) is 35.2 Å². The lowest BCUT2D eigenvalue weighted by atomic mass is 9.49. The molecule has 2 saturated carbocycles. The summed E-state index contributed by atoms with van der Waals surface area (Å²) in [6.07, 6.45) is -1.54. The van der Waals surface area contributed by atoms with Crippen molar-refractivity contribution in [2.45, 2.75) is 37.0 Å². The third kappa shape index (κ3) is 4.46. The fourth-order valence-corrected chi connectivity index (χ4v) is 7.35. The maximum absolute atomic E-state index is 14.2. The van der Waals surface area contributed by atoms with Crippen molar-refractivity contribution in [3.05, 3.63) is 29.3 Å². The molecule has 3 aliphatic carbocycles. The van der Waals surface area contributed by atoms with E-state index in [1.807, 2.05) is 4.90 Å². The number of hydrogen-bond acceptors (Lipinski definition) is 12. The summed E-state index contributed by atoms with van der Waals surface area (Å²) in [7, 11) is 2.93. The van der Waals surface area contributed by atoms with Gasteiger partial charge in [0.05, 0.1) is 43.1 Å². The van der Waals surface area contributed by atoms with E-state index >= 15 is 0 Å². The van der Waals surface area contributed by atoms with Gasteiger partial charge in [0.25, 0.3) is 0 Å². The van der Waals surface area contributed by atoms with E-state index in [4.69, 9.17) is 15.2 Å². The van der Waals surface area contributed by atoms with Crippen molar-refractivity contribution in [3.8, 4) is 5.75 Å². The van der Waals surface area contributed by atoms with Crippen LogP contribution in [0.25, 0.3) is 0 Å². The van der Waals surface area contributed by atoms with Crippen LogP contribution in [0.4, 0.5) is 0 Å². The zero-order valence-corrected chi connectivity index (χ0v) is 23.6. The number of esters is 1. The van der Waals surface area contributed by atoms with Gasteiger partial charge >= 0.3 is 5.97 Å². The number of Topliss-reactive ketones (excluding diaryl/α,β-unsaturated/α-hetero) is 4.